The Hall–Kier alpha value is -1.13. The standard InChI is InChI=1S/C17H25NO2S/c1-16(2)8-12(19)9-17(3,10-16)11-18-15(21)13-6-4-5-7-14(13)20/h4-7,12,19-20H,8-11H2,1-3H3,(H,18,21)/t12-,17-/m0/s1. The van der Waals surface area contributed by atoms with E-state index in [-0.39, 0.29) is 22.7 Å². The summed E-state index contributed by atoms with van der Waals surface area (Å²) in [5.74, 6) is 0.198. The van der Waals surface area contributed by atoms with Gasteiger partial charge in [0.25, 0.3) is 0 Å². The summed E-state index contributed by atoms with van der Waals surface area (Å²) in [7, 11) is 0. The van der Waals surface area contributed by atoms with Gasteiger partial charge in [-0.3, -0.25) is 0 Å². The summed E-state index contributed by atoms with van der Waals surface area (Å²) in [6.07, 6.45) is 2.44. The number of thiocarbonyl (C=S) groups is 1. The van der Waals surface area contributed by atoms with Crippen LogP contribution in [0.5, 0.6) is 5.75 Å². The number of aliphatic hydroxyl groups is 1. The highest BCUT2D eigenvalue weighted by Gasteiger charge is 2.40. The number of hydrogen-bond donors (Lipinski definition) is 3. The van der Waals surface area contributed by atoms with Crippen LogP contribution < -0.4 is 5.32 Å². The molecule has 0 heterocycles. The molecule has 0 saturated heterocycles. The highest BCUT2D eigenvalue weighted by Crippen LogP contribution is 2.45. The Balaban J connectivity index is 2.02. The maximum atomic E-state index is 10.1. The van der Waals surface area contributed by atoms with E-state index < -0.39 is 0 Å². The van der Waals surface area contributed by atoms with Crippen LogP contribution in [0.3, 0.4) is 0 Å². The number of phenols is 1. The monoisotopic (exact) mass is 307 g/mol. The first-order valence-electron chi connectivity index (χ1n) is 7.45. The normalized spacial score (nSPS) is 28.1. The van der Waals surface area contributed by atoms with Crippen LogP contribution >= 0.6 is 12.2 Å². The molecule has 0 bridgehead atoms. The number of aliphatic hydroxyl groups excluding tert-OH is 1. The topological polar surface area (TPSA) is 52.5 Å². The van der Waals surface area contributed by atoms with E-state index in [9.17, 15) is 10.2 Å². The average Bonchev–Trinajstić information content (AvgIpc) is 2.33. The lowest BCUT2D eigenvalue weighted by atomic mass is 9.63. The van der Waals surface area contributed by atoms with Crippen molar-refractivity contribution in [3.63, 3.8) is 0 Å². The molecule has 0 aromatic heterocycles. The van der Waals surface area contributed by atoms with Crippen molar-refractivity contribution in [2.45, 2.75) is 46.1 Å². The summed E-state index contributed by atoms with van der Waals surface area (Å²) in [6.45, 7) is 7.31. The quantitative estimate of drug-likeness (QED) is 0.751. The van der Waals surface area contributed by atoms with E-state index in [4.69, 9.17) is 12.2 Å². The number of para-hydroxylation sites is 1. The van der Waals surface area contributed by atoms with Gasteiger partial charge in [-0.05, 0) is 42.2 Å². The van der Waals surface area contributed by atoms with E-state index in [0.717, 1.165) is 19.3 Å². The second-order valence-corrected chi connectivity index (χ2v) is 7.82. The molecule has 1 aliphatic carbocycles. The molecule has 21 heavy (non-hydrogen) atoms. The van der Waals surface area contributed by atoms with Crippen molar-refractivity contribution in [3.05, 3.63) is 29.8 Å². The SMILES string of the molecule is CC1(C)C[C@H](O)C[C@](C)(CNC(=S)c2ccccc2O)C1. The number of nitrogens with one attached hydrogen (secondary N) is 1. The lowest BCUT2D eigenvalue weighted by Crippen LogP contribution is -2.45. The van der Waals surface area contributed by atoms with Gasteiger partial charge in [-0.15, -0.1) is 0 Å². The van der Waals surface area contributed by atoms with Crippen LogP contribution in [0.15, 0.2) is 24.3 Å². The molecule has 1 aliphatic rings. The molecule has 3 N–H and O–H groups in total. The zero-order valence-electron chi connectivity index (χ0n) is 13.0. The number of hydrogen-bond acceptors (Lipinski definition) is 3. The summed E-state index contributed by atoms with van der Waals surface area (Å²) < 4.78 is 0. The number of benzene rings is 1. The third-order valence-electron chi connectivity index (χ3n) is 4.25. The minimum Gasteiger partial charge on any atom is -0.507 e. The van der Waals surface area contributed by atoms with E-state index in [1.54, 1.807) is 12.1 Å². The zero-order chi connectivity index (χ0) is 15.7. The fourth-order valence-corrected chi connectivity index (χ4v) is 4.01. The molecular formula is C17H25NO2S. The van der Waals surface area contributed by atoms with Gasteiger partial charge in [-0.1, -0.05) is 45.1 Å². The van der Waals surface area contributed by atoms with E-state index in [1.165, 1.54) is 0 Å². The summed E-state index contributed by atoms with van der Waals surface area (Å²) >= 11 is 5.38. The fraction of sp³-hybridized carbons (Fsp3) is 0.588. The van der Waals surface area contributed by atoms with Crippen molar-refractivity contribution in [2.24, 2.45) is 10.8 Å². The molecule has 0 spiro atoms. The predicted octanol–water partition coefficient (Wildman–Crippen LogP) is 3.23. The van der Waals surface area contributed by atoms with Gasteiger partial charge in [-0.2, -0.15) is 0 Å². The molecule has 0 unspecified atom stereocenters. The minimum absolute atomic E-state index is 0.00955. The molecule has 2 atom stereocenters. The minimum atomic E-state index is -0.251. The first-order valence-corrected chi connectivity index (χ1v) is 7.86. The largest absolute Gasteiger partial charge is 0.507 e. The van der Waals surface area contributed by atoms with Gasteiger partial charge in [0.15, 0.2) is 0 Å². The Kier molecular flexibility index (Phi) is 4.59. The van der Waals surface area contributed by atoms with Crippen LogP contribution in [0, 0.1) is 10.8 Å². The van der Waals surface area contributed by atoms with Crippen LogP contribution in [0.2, 0.25) is 0 Å². The third kappa shape index (κ3) is 4.17. The third-order valence-corrected chi connectivity index (χ3v) is 4.61. The molecule has 116 valence electrons. The number of rotatable bonds is 3. The number of phenolic OH excluding ortho intramolecular Hbond substituents is 1. The molecular weight excluding hydrogens is 282 g/mol. The lowest BCUT2D eigenvalue weighted by molar-refractivity contribution is -0.00680. The molecule has 0 aliphatic heterocycles. The van der Waals surface area contributed by atoms with Gasteiger partial charge in [0.05, 0.1) is 11.7 Å². The van der Waals surface area contributed by atoms with Gasteiger partial charge < -0.3 is 15.5 Å². The van der Waals surface area contributed by atoms with Gasteiger partial charge in [0, 0.05) is 6.54 Å². The van der Waals surface area contributed by atoms with Crippen LogP contribution in [0.1, 0.15) is 45.6 Å². The first kappa shape index (κ1) is 16.2. The maximum Gasteiger partial charge on any atom is 0.125 e. The van der Waals surface area contributed by atoms with Crippen molar-refractivity contribution in [2.75, 3.05) is 6.54 Å². The Morgan fingerprint density at radius 2 is 1.95 bits per heavy atom. The fourth-order valence-electron chi connectivity index (χ4n) is 3.77. The molecule has 2 rings (SSSR count). The van der Waals surface area contributed by atoms with Gasteiger partial charge in [0.2, 0.25) is 0 Å². The van der Waals surface area contributed by atoms with Crippen molar-refractivity contribution in [1.82, 2.24) is 5.32 Å². The summed E-state index contributed by atoms with van der Waals surface area (Å²) in [4.78, 5) is 0.562. The second kappa shape index (κ2) is 5.93. The molecule has 3 nitrogen and oxygen atoms in total. The van der Waals surface area contributed by atoms with Gasteiger partial charge in [0.1, 0.15) is 10.7 Å². The zero-order valence-corrected chi connectivity index (χ0v) is 13.8. The highest BCUT2D eigenvalue weighted by atomic mass is 32.1. The Morgan fingerprint density at radius 1 is 1.29 bits per heavy atom. The highest BCUT2D eigenvalue weighted by molar-refractivity contribution is 7.80. The van der Waals surface area contributed by atoms with Crippen LogP contribution in [0.4, 0.5) is 0 Å². The summed E-state index contributed by atoms with van der Waals surface area (Å²) in [5, 5.41) is 23.2. The molecule has 1 aromatic carbocycles. The lowest BCUT2D eigenvalue weighted by Gasteiger charge is -2.45. The summed E-state index contributed by atoms with van der Waals surface area (Å²) in [5.41, 5.74) is 0.812. The second-order valence-electron chi connectivity index (χ2n) is 7.41. The number of aromatic hydroxyl groups is 1. The van der Waals surface area contributed by atoms with E-state index >= 15 is 0 Å². The molecule has 0 amide bonds. The van der Waals surface area contributed by atoms with Crippen molar-refractivity contribution >= 4 is 17.2 Å². The first-order chi connectivity index (χ1) is 9.71. The van der Waals surface area contributed by atoms with Crippen molar-refractivity contribution in [1.29, 1.82) is 0 Å². The van der Waals surface area contributed by atoms with Crippen molar-refractivity contribution < 1.29 is 10.2 Å². The van der Waals surface area contributed by atoms with Gasteiger partial charge >= 0.3 is 0 Å². The van der Waals surface area contributed by atoms with Crippen LogP contribution in [-0.2, 0) is 0 Å². The van der Waals surface area contributed by atoms with Crippen LogP contribution in [-0.4, -0.2) is 27.9 Å². The Bertz CT molecular complexity index is 529. The molecule has 0 radical (unpaired) electrons. The van der Waals surface area contributed by atoms with Crippen molar-refractivity contribution in [3.8, 4) is 5.75 Å². The molecule has 1 saturated carbocycles. The average molecular weight is 307 g/mol. The smallest absolute Gasteiger partial charge is 0.125 e. The molecule has 4 heteroatoms. The molecule has 1 aromatic rings. The van der Waals surface area contributed by atoms with Crippen LogP contribution in [0.25, 0.3) is 0 Å². The van der Waals surface area contributed by atoms with E-state index in [0.29, 0.717) is 17.1 Å². The van der Waals surface area contributed by atoms with Gasteiger partial charge in [-0.25, -0.2) is 0 Å². The predicted molar refractivity (Wildman–Crippen MR) is 89.6 cm³/mol. The van der Waals surface area contributed by atoms with E-state index in [1.807, 2.05) is 12.1 Å². The Labute approximate surface area is 132 Å². The Morgan fingerprint density at radius 3 is 2.57 bits per heavy atom. The molecule has 1 fully saturated rings. The van der Waals surface area contributed by atoms with E-state index in [2.05, 4.69) is 26.1 Å². The summed E-state index contributed by atoms with van der Waals surface area (Å²) in [6, 6.07) is 7.09. The maximum absolute atomic E-state index is 10.1.